The predicted molar refractivity (Wildman–Crippen MR) is 141 cm³/mol. The first-order valence-electron chi connectivity index (χ1n) is 12.9. The molecule has 5 N–H and O–H groups in total. The van der Waals surface area contributed by atoms with Gasteiger partial charge in [-0.15, -0.1) is 23.2 Å². The Morgan fingerprint density at radius 3 is 2.38 bits per heavy atom. The first-order valence-corrected chi connectivity index (χ1v) is 13.8. The molecule has 0 aromatic carbocycles. The number of guanidine groups is 1. The maximum atomic E-state index is 12.8. The van der Waals surface area contributed by atoms with Crippen LogP contribution in [0, 0.1) is 11.8 Å². The van der Waals surface area contributed by atoms with Crippen molar-refractivity contribution in [3.05, 3.63) is 0 Å². The number of hydrogen-bond acceptors (Lipinski definition) is 6. The first-order chi connectivity index (χ1) is 17.6. The number of hydrogen-bond donors (Lipinski definition) is 5. The molecule has 2 aliphatic carbocycles. The number of carbonyl (C=O) groups excluding carboxylic acids is 3. The lowest BCUT2D eigenvalue weighted by molar-refractivity contribution is -0.138. The standard InChI is InChI=1S/C24H39Cl2N5O6/c1-3-27-23(31-24(36)37-4-2)29-18-7-5-6-14(10-18)22(35)28-13-20(32)30-19(12-21(33)34)15-8-16(25)11-17(26)9-15/h14-19H,3-13H2,1-2H3,(H,28,35)(H,30,32)(H,33,34)(H2,27,29,31,36). The highest BCUT2D eigenvalue weighted by Gasteiger charge is 2.34. The van der Waals surface area contributed by atoms with Gasteiger partial charge < -0.3 is 25.8 Å². The van der Waals surface area contributed by atoms with Gasteiger partial charge in [-0.2, -0.15) is 0 Å². The smallest absolute Gasteiger partial charge is 0.413 e. The fourth-order valence-electron chi connectivity index (χ4n) is 4.94. The molecule has 13 heteroatoms. The average Bonchev–Trinajstić information content (AvgIpc) is 2.81. The van der Waals surface area contributed by atoms with Gasteiger partial charge in [0.15, 0.2) is 0 Å². The van der Waals surface area contributed by atoms with Crippen LogP contribution in [-0.2, 0) is 19.1 Å². The van der Waals surface area contributed by atoms with Crippen molar-refractivity contribution in [3.63, 3.8) is 0 Å². The summed E-state index contributed by atoms with van der Waals surface area (Å²) in [5, 5.41) is 20.2. The molecule has 0 saturated heterocycles. The normalized spacial score (nSPS) is 26.9. The molecule has 0 aromatic heterocycles. The molecule has 5 atom stereocenters. The number of alkyl halides is 2. The van der Waals surface area contributed by atoms with Crippen LogP contribution in [0.15, 0.2) is 4.99 Å². The van der Waals surface area contributed by atoms with Gasteiger partial charge in [0.05, 0.1) is 19.6 Å². The fourth-order valence-corrected chi connectivity index (χ4v) is 5.92. The lowest BCUT2D eigenvalue weighted by Gasteiger charge is -2.34. The maximum absolute atomic E-state index is 12.8. The maximum Gasteiger partial charge on any atom is 0.413 e. The molecular formula is C24H39Cl2N5O6. The summed E-state index contributed by atoms with van der Waals surface area (Å²) in [6, 6.07) is -0.695. The van der Waals surface area contributed by atoms with Gasteiger partial charge in [-0.05, 0) is 58.3 Å². The third-order valence-electron chi connectivity index (χ3n) is 6.56. The first kappa shape index (κ1) is 31.0. The molecule has 0 heterocycles. The minimum absolute atomic E-state index is 0.0798. The van der Waals surface area contributed by atoms with Crippen molar-refractivity contribution in [2.75, 3.05) is 19.7 Å². The highest BCUT2D eigenvalue weighted by Crippen LogP contribution is 2.34. The van der Waals surface area contributed by atoms with Crippen molar-refractivity contribution in [1.82, 2.24) is 21.3 Å². The zero-order valence-electron chi connectivity index (χ0n) is 21.4. The van der Waals surface area contributed by atoms with Crippen LogP contribution in [0.25, 0.3) is 0 Å². The molecule has 37 heavy (non-hydrogen) atoms. The van der Waals surface area contributed by atoms with Crippen LogP contribution in [0.1, 0.15) is 65.2 Å². The Balaban J connectivity index is 1.87. The van der Waals surface area contributed by atoms with Crippen LogP contribution in [0.5, 0.6) is 0 Å². The number of aliphatic imine (C=N–C) groups is 1. The van der Waals surface area contributed by atoms with E-state index in [1.54, 1.807) is 6.92 Å². The molecule has 2 aliphatic rings. The molecule has 2 rings (SSSR count). The molecule has 2 saturated carbocycles. The summed E-state index contributed by atoms with van der Waals surface area (Å²) in [5.41, 5.74) is 0. The van der Waals surface area contributed by atoms with E-state index in [1.807, 2.05) is 6.92 Å². The van der Waals surface area contributed by atoms with Crippen molar-refractivity contribution in [2.45, 2.75) is 88.1 Å². The van der Waals surface area contributed by atoms with E-state index in [0.717, 1.165) is 12.8 Å². The summed E-state index contributed by atoms with van der Waals surface area (Å²) in [4.78, 5) is 52.8. The van der Waals surface area contributed by atoms with Gasteiger partial charge in [0, 0.05) is 35.3 Å². The van der Waals surface area contributed by atoms with Gasteiger partial charge >= 0.3 is 12.1 Å². The third kappa shape index (κ3) is 11.3. The Hall–Kier alpha value is -2.27. The van der Waals surface area contributed by atoms with Crippen LogP contribution in [0.2, 0.25) is 0 Å². The second-order valence-electron chi connectivity index (χ2n) is 9.52. The number of rotatable bonds is 10. The summed E-state index contributed by atoms with van der Waals surface area (Å²) in [6.45, 7) is 4.00. The number of ether oxygens (including phenoxy) is 1. The molecule has 0 bridgehead atoms. The van der Waals surface area contributed by atoms with E-state index in [0.29, 0.717) is 44.6 Å². The van der Waals surface area contributed by atoms with E-state index in [2.05, 4.69) is 26.3 Å². The van der Waals surface area contributed by atoms with E-state index < -0.39 is 24.0 Å². The second kappa shape index (κ2) is 15.9. The fraction of sp³-hybridized carbons (Fsp3) is 0.792. The number of halogens is 2. The number of amides is 3. The lowest BCUT2D eigenvalue weighted by atomic mass is 9.82. The molecule has 0 radical (unpaired) electrons. The summed E-state index contributed by atoms with van der Waals surface area (Å²) in [5.74, 6) is -1.89. The largest absolute Gasteiger partial charge is 0.481 e. The van der Waals surface area contributed by atoms with Crippen LogP contribution in [-0.4, -0.2) is 77.5 Å². The zero-order chi connectivity index (χ0) is 27.4. The van der Waals surface area contributed by atoms with Crippen molar-refractivity contribution in [3.8, 4) is 0 Å². The zero-order valence-corrected chi connectivity index (χ0v) is 22.9. The van der Waals surface area contributed by atoms with Gasteiger partial charge in [-0.3, -0.25) is 24.7 Å². The summed E-state index contributed by atoms with van der Waals surface area (Å²) in [6.07, 6.45) is 3.73. The topological polar surface area (TPSA) is 158 Å². The van der Waals surface area contributed by atoms with E-state index in [4.69, 9.17) is 27.9 Å². The summed E-state index contributed by atoms with van der Waals surface area (Å²) >= 11 is 12.5. The van der Waals surface area contributed by atoms with Crippen LogP contribution in [0.4, 0.5) is 4.79 Å². The Morgan fingerprint density at radius 2 is 1.76 bits per heavy atom. The van der Waals surface area contributed by atoms with Crippen molar-refractivity contribution in [1.29, 1.82) is 0 Å². The minimum Gasteiger partial charge on any atom is -0.481 e. The second-order valence-corrected chi connectivity index (χ2v) is 10.8. The third-order valence-corrected chi connectivity index (χ3v) is 7.27. The molecule has 210 valence electrons. The van der Waals surface area contributed by atoms with Gasteiger partial charge in [0.25, 0.3) is 0 Å². The highest BCUT2D eigenvalue weighted by molar-refractivity contribution is 6.23. The number of carbonyl (C=O) groups is 4. The number of nitrogens with zero attached hydrogens (tertiary/aromatic N) is 1. The Bertz CT molecular complexity index is 819. The minimum atomic E-state index is -1.03. The van der Waals surface area contributed by atoms with E-state index in [-0.39, 0.29) is 54.1 Å². The van der Waals surface area contributed by atoms with Crippen LogP contribution < -0.4 is 21.3 Å². The molecule has 5 unspecified atom stereocenters. The van der Waals surface area contributed by atoms with E-state index >= 15 is 0 Å². The average molecular weight is 565 g/mol. The number of carboxylic acid groups (broad SMARTS) is 1. The van der Waals surface area contributed by atoms with Crippen molar-refractivity contribution >= 4 is 53.0 Å². The summed E-state index contributed by atoms with van der Waals surface area (Å²) in [7, 11) is 0. The van der Waals surface area contributed by atoms with Gasteiger partial charge in [-0.25, -0.2) is 4.79 Å². The monoisotopic (exact) mass is 563 g/mol. The van der Waals surface area contributed by atoms with Crippen LogP contribution in [0.3, 0.4) is 0 Å². The molecule has 11 nitrogen and oxygen atoms in total. The Labute approximate surface area is 227 Å². The van der Waals surface area contributed by atoms with Gasteiger partial charge in [0.1, 0.15) is 0 Å². The van der Waals surface area contributed by atoms with Crippen molar-refractivity contribution in [2.24, 2.45) is 16.8 Å². The van der Waals surface area contributed by atoms with Crippen molar-refractivity contribution < 1.29 is 29.0 Å². The molecular weight excluding hydrogens is 525 g/mol. The number of aliphatic carboxylic acids is 1. The molecule has 3 amide bonds. The van der Waals surface area contributed by atoms with Gasteiger partial charge in [0.2, 0.25) is 17.8 Å². The molecule has 0 aliphatic heterocycles. The SMILES string of the molecule is CCN=C(NC(=O)OCC)NC1CCCC(C(=O)NCC(=O)NC(CC(=O)O)C2CC(Cl)CC(Cl)C2)C1. The number of nitrogens with one attached hydrogen (secondary N) is 4. The van der Waals surface area contributed by atoms with Gasteiger partial charge in [-0.1, -0.05) is 6.42 Å². The quantitative estimate of drug-likeness (QED) is 0.155. The van der Waals surface area contributed by atoms with Crippen LogP contribution >= 0.6 is 23.2 Å². The van der Waals surface area contributed by atoms with E-state index in [1.165, 1.54) is 0 Å². The number of alkyl carbamates (subject to hydrolysis) is 1. The molecule has 0 spiro atoms. The predicted octanol–water partition coefficient (Wildman–Crippen LogP) is 2.35. The Morgan fingerprint density at radius 1 is 1.05 bits per heavy atom. The lowest BCUT2D eigenvalue weighted by Crippen LogP contribution is -2.50. The Kier molecular flexibility index (Phi) is 13.3. The highest BCUT2D eigenvalue weighted by atomic mass is 35.5. The summed E-state index contributed by atoms with van der Waals surface area (Å²) < 4.78 is 4.90. The van der Waals surface area contributed by atoms with E-state index in [9.17, 15) is 24.3 Å². The molecule has 0 aromatic rings. The molecule has 2 fully saturated rings. The number of carboxylic acids is 1.